The van der Waals surface area contributed by atoms with Crippen molar-refractivity contribution in [2.75, 3.05) is 18.4 Å². The number of pyridine rings is 1. The van der Waals surface area contributed by atoms with Gasteiger partial charge in [0, 0.05) is 12.1 Å². The van der Waals surface area contributed by atoms with Gasteiger partial charge in [0.25, 0.3) is 0 Å². The van der Waals surface area contributed by atoms with Gasteiger partial charge in [-0.3, -0.25) is 4.84 Å². The summed E-state index contributed by atoms with van der Waals surface area (Å²) in [6.45, 7) is 1.42. The Morgan fingerprint density at radius 1 is 1.27 bits per heavy atom. The van der Waals surface area contributed by atoms with Gasteiger partial charge in [-0.05, 0) is 18.2 Å². The zero-order chi connectivity index (χ0) is 15.4. The van der Waals surface area contributed by atoms with Gasteiger partial charge in [0.2, 0.25) is 11.7 Å². The van der Waals surface area contributed by atoms with Crippen molar-refractivity contribution >= 4 is 23.2 Å². The Bertz CT molecular complexity index is 693. The van der Waals surface area contributed by atoms with E-state index < -0.39 is 0 Å². The third-order valence-electron chi connectivity index (χ3n) is 3.19. The van der Waals surface area contributed by atoms with Crippen LogP contribution in [0.5, 0.6) is 0 Å². The molecule has 0 unspecified atom stereocenters. The molecule has 6 nitrogen and oxygen atoms in total. The smallest absolute Gasteiger partial charge is 0.223 e. The molecule has 1 N–H and O–H groups in total. The predicted molar refractivity (Wildman–Crippen MR) is 84.3 cm³/mol. The van der Waals surface area contributed by atoms with Crippen molar-refractivity contribution in [2.24, 2.45) is 4.99 Å². The second-order valence-electron chi connectivity index (χ2n) is 4.70. The van der Waals surface area contributed by atoms with E-state index in [0.717, 1.165) is 10.4 Å². The standard InChI is InChI=1S/C15H15ClN4O2/c16-13-6-1-2-7-14(13)18-15-17-8-10-20(15)22-11-12-5-3-4-9-19(12)21/h1-7,9H,8,10-11H2,(H,17,18). The quantitative estimate of drug-likeness (QED) is 0.693. The number of rotatable bonds is 4. The van der Waals surface area contributed by atoms with Crippen LogP contribution >= 0.6 is 11.6 Å². The molecule has 0 saturated heterocycles. The molecule has 0 aliphatic carbocycles. The molecule has 0 bridgehead atoms. The number of nitrogens with zero attached hydrogens (tertiary/aromatic N) is 3. The predicted octanol–water partition coefficient (Wildman–Crippen LogP) is 2.19. The Morgan fingerprint density at radius 2 is 2.09 bits per heavy atom. The van der Waals surface area contributed by atoms with Gasteiger partial charge in [-0.25, -0.2) is 10.1 Å². The van der Waals surface area contributed by atoms with Gasteiger partial charge in [0.05, 0.1) is 23.8 Å². The van der Waals surface area contributed by atoms with E-state index in [0.29, 0.717) is 29.8 Å². The lowest BCUT2D eigenvalue weighted by Gasteiger charge is -2.20. The highest BCUT2D eigenvalue weighted by molar-refractivity contribution is 6.33. The van der Waals surface area contributed by atoms with Crippen LogP contribution in [0.4, 0.5) is 5.69 Å². The van der Waals surface area contributed by atoms with Crippen LogP contribution < -0.4 is 10.0 Å². The number of hydrogen-bond donors (Lipinski definition) is 1. The van der Waals surface area contributed by atoms with Crippen LogP contribution in [0.1, 0.15) is 5.69 Å². The van der Waals surface area contributed by atoms with Crippen LogP contribution in [0.25, 0.3) is 0 Å². The number of benzene rings is 1. The number of nitrogens with one attached hydrogen (secondary N) is 1. The van der Waals surface area contributed by atoms with Crippen molar-refractivity contribution in [3.05, 3.63) is 64.6 Å². The van der Waals surface area contributed by atoms with Crippen molar-refractivity contribution in [2.45, 2.75) is 6.61 Å². The highest BCUT2D eigenvalue weighted by atomic mass is 35.5. The Kier molecular flexibility index (Phi) is 4.41. The molecule has 7 heteroatoms. The third-order valence-corrected chi connectivity index (χ3v) is 3.52. The van der Waals surface area contributed by atoms with E-state index in [2.05, 4.69) is 10.3 Å². The lowest BCUT2D eigenvalue weighted by molar-refractivity contribution is -0.617. The van der Waals surface area contributed by atoms with Gasteiger partial charge in [0.15, 0.2) is 12.8 Å². The molecule has 1 aromatic heterocycles. The first kappa shape index (κ1) is 14.6. The molecule has 0 atom stereocenters. The average molecular weight is 319 g/mol. The van der Waals surface area contributed by atoms with E-state index in [4.69, 9.17) is 16.4 Å². The molecule has 2 aromatic rings. The summed E-state index contributed by atoms with van der Waals surface area (Å²) in [5.41, 5.74) is 1.29. The molecule has 22 heavy (non-hydrogen) atoms. The summed E-state index contributed by atoms with van der Waals surface area (Å²) in [6.07, 6.45) is 1.44. The van der Waals surface area contributed by atoms with E-state index in [9.17, 15) is 5.21 Å². The minimum absolute atomic E-state index is 0.174. The van der Waals surface area contributed by atoms with Crippen LogP contribution in [0.3, 0.4) is 0 Å². The third kappa shape index (κ3) is 3.29. The zero-order valence-electron chi connectivity index (χ0n) is 11.8. The van der Waals surface area contributed by atoms with Crippen LogP contribution in [0, 0.1) is 5.21 Å². The van der Waals surface area contributed by atoms with Crippen molar-refractivity contribution < 1.29 is 9.57 Å². The molecule has 1 aromatic carbocycles. The van der Waals surface area contributed by atoms with Crippen molar-refractivity contribution in [1.29, 1.82) is 0 Å². The minimum Gasteiger partial charge on any atom is -0.618 e. The molecule has 0 radical (unpaired) electrons. The molecule has 2 heterocycles. The normalized spacial score (nSPS) is 14.0. The second-order valence-corrected chi connectivity index (χ2v) is 5.11. The molecule has 1 aliphatic heterocycles. The number of aliphatic imine (C=N–C) groups is 1. The number of aromatic nitrogens is 1. The summed E-state index contributed by atoms with van der Waals surface area (Å²) in [4.78, 5) is 10.0. The molecular weight excluding hydrogens is 304 g/mol. The molecule has 1 aliphatic rings. The maximum absolute atomic E-state index is 11.6. The number of halogens is 1. The highest BCUT2D eigenvalue weighted by Crippen LogP contribution is 2.21. The highest BCUT2D eigenvalue weighted by Gasteiger charge is 2.20. The first-order valence-corrected chi connectivity index (χ1v) is 7.25. The van der Waals surface area contributed by atoms with E-state index in [1.54, 1.807) is 29.3 Å². The van der Waals surface area contributed by atoms with Gasteiger partial charge in [-0.1, -0.05) is 23.7 Å². The van der Waals surface area contributed by atoms with E-state index >= 15 is 0 Å². The molecule has 0 fully saturated rings. The number of anilines is 1. The molecule has 0 spiro atoms. The van der Waals surface area contributed by atoms with Gasteiger partial charge in [-0.2, -0.15) is 4.73 Å². The maximum Gasteiger partial charge on any atom is 0.223 e. The van der Waals surface area contributed by atoms with E-state index in [1.807, 2.05) is 18.2 Å². The van der Waals surface area contributed by atoms with Crippen molar-refractivity contribution in [3.63, 3.8) is 0 Å². The number of hydroxylamine groups is 2. The van der Waals surface area contributed by atoms with E-state index in [1.165, 1.54) is 6.20 Å². The Balaban J connectivity index is 1.64. The fourth-order valence-electron chi connectivity index (χ4n) is 2.06. The molecule has 3 rings (SSSR count). The van der Waals surface area contributed by atoms with Crippen LogP contribution in [0.2, 0.25) is 5.02 Å². The molecule has 0 saturated carbocycles. The minimum atomic E-state index is 0.174. The van der Waals surface area contributed by atoms with Crippen molar-refractivity contribution in [1.82, 2.24) is 5.06 Å². The average Bonchev–Trinajstić information content (AvgIpc) is 2.96. The number of para-hydroxylation sites is 1. The molecule has 0 amide bonds. The van der Waals surface area contributed by atoms with Gasteiger partial charge < -0.3 is 10.5 Å². The molecular formula is C15H15ClN4O2. The number of hydrogen-bond acceptors (Lipinski definition) is 5. The summed E-state index contributed by atoms with van der Waals surface area (Å²) in [5.74, 6) is 0.585. The SMILES string of the molecule is [O-][n+]1ccccc1CON1CCN=C1Nc1ccccc1Cl. The molecule has 114 valence electrons. The van der Waals surface area contributed by atoms with Gasteiger partial charge >= 0.3 is 0 Å². The van der Waals surface area contributed by atoms with Crippen LogP contribution in [-0.2, 0) is 11.4 Å². The van der Waals surface area contributed by atoms with E-state index in [-0.39, 0.29) is 6.61 Å². The Hall–Kier alpha value is -2.31. The largest absolute Gasteiger partial charge is 0.618 e. The summed E-state index contributed by atoms with van der Waals surface area (Å²) in [5, 5.41) is 17.0. The van der Waals surface area contributed by atoms with Gasteiger partial charge in [0.1, 0.15) is 0 Å². The summed E-state index contributed by atoms with van der Waals surface area (Å²) < 4.78 is 0.786. The fourth-order valence-corrected chi connectivity index (χ4v) is 2.24. The fraction of sp³-hybridized carbons (Fsp3) is 0.200. The van der Waals surface area contributed by atoms with Crippen LogP contribution in [-0.4, -0.2) is 24.1 Å². The summed E-state index contributed by atoms with van der Waals surface area (Å²) in [6, 6.07) is 12.6. The van der Waals surface area contributed by atoms with Gasteiger partial charge in [-0.15, -0.1) is 0 Å². The second kappa shape index (κ2) is 6.64. The zero-order valence-corrected chi connectivity index (χ0v) is 12.5. The first-order chi connectivity index (χ1) is 10.7. The van der Waals surface area contributed by atoms with Crippen molar-refractivity contribution in [3.8, 4) is 0 Å². The maximum atomic E-state index is 11.6. The Morgan fingerprint density at radius 3 is 2.91 bits per heavy atom. The monoisotopic (exact) mass is 318 g/mol. The number of guanidine groups is 1. The Labute approximate surface area is 133 Å². The lowest BCUT2D eigenvalue weighted by atomic mass is 10.3. The lowest BCUT2D eigenvalue weighted by Crippen LogP contribution is -2.36. The summed E-state index contributed by atoms with van der Waals surface area (Å²) >= 11 is 6.12. The first-order valence-electron chi connectivity index (χ1n) is 6.87. The van der Waals surface area contributed by atoms with Crippen LogP contribution in [0.15, 0.2) is 53.7 Å². The summed E-state index contributed by atoms with van der Waals surface area (Å²) in [7, 11) is 0. The topological polar surface area (TPSA) is 63.8 Å².